The Kier molecular flexibility index (Phi) is 4.36. The van der Waals surface area contributed by atoms with Gasteiger partial charge < -0.3 is 14.8 Å². The molecule has 0 aromatic heterocycles. The van der Waals surface area contributed by atoms with Gasteiger partial charge in [0.25, 0.3) is 0 Å². The van der Waals surface area contributed by atoms with Crippen LogP contribution in [0.4, 0.5) is 0 Å². The van der Waals surface area contributed by atoms with Crippen molar-refractivity contribution in [1.82, 2.24) is 5.32 Å². The molecule has 1 heterocycles. The Bertz CT molecular complexity index is 428. The molecule has 2 rings (SSSR count). The predicted molar refractivity (Wildman–Crippen MR) is 73.9 cm³/mol. The van der Waals surface area contributed by atoms with Crippen LogP contribution in [0, 0.1) is 6.92 Å². The molecule has 0 radical (unpaired) electrons. The van der Waals surface area contributed by atoms with Gasteiger partial charge in [-0.25, -0.2) is 0 Å². The first-order chi connectivity index (χ1) is 8.69. The summed E-state index contributed by atoms with van der Waals surface area (Å²) < 4.78 is 10.8. The van der Waals surface area contributed by atoms with Crippen LogP contribution >= 0.6 is 11.6 Å². The molecular weight excluding hydrogens is 250 g/mol. The number of methoxy groups -OCH3 is 2. The van der Waals surface area contributed by atoms with Gasteiger partial charge >= 0.3 is 0 Å². The second kappa shape index (κ2) is 5.81. The highest BCUT2D eigenvalue weighted by atomic mass is 35.5. The van der Waals surface area contributed by atoms with E-state index in [1.54, 1.807) is 14.2 Å². The number of aryl methyl sites for hydroxylation is 1. The quantitative estimate of drug-likeness (QED) is 0.911. The normalized spacial score (nSPS) is 19.7. The van der Waals surface area contributed by atoms with E-state index in [1.165, 1.54) is 12.8 Å². The summed E-state index contributed by atoms with van der Waals surface area (Å²) in [4.78, 5) is 0. The van der Waals surface area contributed by atoms with Crippen molar-refractivity contribution in [2.24, 2.45) is 0 Å². The molecule has 1 N–H and O–H groups in total. The first-order valence-corrected chi connectivity index (χ1v) is 6.71. The summed E-state index contributed by atoms with van der Waals surface area (Å²) in [6, 6.07) is 2.45. The summed E-state index contributed by atoms with van der Waals surface area (Å²) in [5, 5.41) is 4.09. The van der Waals surface area contributed by atoms with Gasteiger partial charge in [0.1, 0.15) is 16.5 Å². The molecule has 1 atom stereocenters. The third-order valence-corrected chi connectivity index (χ3v) is 3.83. The van der Waals surface area contributed by atoms with Crippen molar-refractivity contribution in [2.45, 2.75) is 32.2 Å². The summed E-state index contributed by atoms with van der Waals surface area (Å²) in [6.07, 6.45) is 3.60. The van der Waals surface area contributed by atoms with Gasteiger partial charge in [0.2, 0.25) is 0 Å². The van der Waals surface area contributed by atoms with E-state index in [1.807, 2.05) is 6.92 Å². The van der Waals surface area contributed by atoms with Crippen LogP contribution in [0.2, 0.25) is 5.02 Å². The summed E-state index contributed by atoms with van der Waals surface area (Å²) in [6.45, 7) is 3.06. The molecule has 0 spiro atoms. The van der Waals surface area contributed by atoms with E-state index in [0.29, 0.717) is 16.8 Å². The second-order valence-electron chi connectivity index (χ2n) is 4.67. The van der Waals surface area contributed by atoms with Crippen molar-refractivity contribution in [3.63, 3.8) is 0 Å². The maximum absolute atomic E-state index is 6.36. The molecule has 0 bridgehead atoms. The first-order valence-electron chi connectivity index (χ1n) is 6.33. The number of hydrogen-bond donors (Lipinski definition) is 1. The van der Waals surface area contributed by atoms with Gasteiger partial charge in [0, 0.05) is 11.6 Å². The van der Waals surface area contributed by atoms with Crippen molar-refractivity contribution in [3.05, 3.63) is 22.2 Å². The maximum atomic E-state index is 6.36. The number of rotatable bonds is 3. The van der Waals surface area contributed by atoms with Gasteiger partial charge in [-0.3, -0.25) is 0 Å². The van der Waals surface area contributed by atoms with Crippen LogP contribution in [-0.4, -0.2) is 20.8 Å². The molecule has 1 aromatic rings. The van der Waals surface area contributed by atoms with Gasteiger partial charge in [-0.1, -0.05) is 18.0 Å². The molecule has 1 aliphatic heterocycles. The van der Waals surface area contributed by atoms with E-state index in [-0.39, 0.29) is 0 Å². The van der Waals surface area contributed by atoms with Crippen LogP contribution in [0.15, 0.2) is 6.07 Å². The van der Waals surface area contributed by atoms with E-state index in [0.717, 1.165) is 29.8 Å². The Morgan fingerprint density at radius 3 is 2.50 bits per heavy atom. The highest BCUT2D eigenvalue weighted by molar-refractivity contribution is 6.33. The van der Waals surface area contributed by atoms with E-state index >= 15 is 0 Å². The highest BCUT2D eigenvalue weighted by Crippen LogP contribution is 2.43. The summed E-state index contributed by atoms with van der Waals surface area (Å²) >= 11 is 6.36. The third kappa shape index (κ3) is 2.43. The Labute approximate surface area is 113 Å². The van der Waals surface area contributed by atoms with Crippen LogP contribution in [0.3, 0.4) is 0 Å². The van der Waals surface area contributed by atoms with Crippen molar-refractivity contribution in [1.29, 1.82) is 0 Å². The van der Waals surface area contributed by atoms with E-state index < -0.39 is 0 Å². The van der Waals surface area contributed by atoms with E-state index in [2.05, 4.69) is 11.4 Å². The largest absolute Gasteiger partial charge is 0.495 e. The minimum atomic E-state index is 0.329. The Hall–Kier alpha value is -0.930. The van der Waals surface area contributed by atoms with Crippen molar-refractivity contribution >= 4 is 11.6 Å². The number of nitrogens with one attached hydrogen (secondary N) is 1. The fraction of sp³-hybridized carbons (Fsp3) is 0.571. The van der Waals surface area contributed by atoms with Crippen LogP contribution < -0.4 is 14.8 Å². The molecule has 18 heavy (non-hydrogen) atoms. The number of halogens is 1. The van der Waals surface area contributed by atoms with Gasteiger partial charge in [-0.2, -0.15) is 0 Å². The van der Waals surface area contributed by atoms with Crippen LogP contribution in [0.25, 0.3) is 0 Å². The molecule has 100 valence electrons. The molecule has 1 saturated heterocycles. The molecule has 0 aliphatic carbocycles. The second-order valence-corrected chi connectivity index (χ2v) is 5.04. The number of piperidine rings is 1. The standard InChI is InChI=1S/C14H20ClNO2/c1-9-8-10(11-6-4-5-7-16-11)14(18-3)12(15)13(9)17-2/h8,11,16H,4-7H2,1-3H3. The summed E-state index contributed by atoms with van der Waals surface area (Å²) in [5.74, 6) is 1.44. The summed E-state index contributed by atoms with van der Waals surface area (Å²) in [5.41, 5.74) is 2.19. The van der Waals surface area contributed by atoms with Gasteiger partial charge in [-0.05, 0) is 37.9 Å². The molecule has 3 nitrogen and oxygen atoms in total. The lowest BCUT2D eigenvalue weighted by molar-refractivity contribution is 0.366. The summed E-state index contributed by atoms with van der Waals surface area (Å²) in [7, 11) is 3.29. The SMILES string of the molecule is COc1c(C)cc(C2CCCCN2)c(OC)c1Cl. The van der Waals surface area contributed by atoms with Crippen molar-refractivity contribution in [3.8, 4) is 11.5 Å². The van der Waals surface area contributed by atoms with Gasteiger partial charge in [-0.15, -0.1) is 0 Å². The zero-order valence-corrected chi connectivity index (χ0v) is 11.9. The van der Waals surface area contributed by atoms with Gasteiger partial charge in [0.15, 0.2) is 0 Å². The lowest BCUT2D eigenvalue weighted by atomic mass is 9.95. The van der Waals surface area contributed by atoms with Crippen LogP contribution in [0.1, 0.15) is 36.4 Å². The van der Waals surface area contributed by atoms with E-state index in [9.17, 15) is 0 Å². The number of hydrogen-bond acceptors (Lipinski definition) is 3. The average Bonchev–Trinajstić information content (AvgIpc) is 2.39. The minimum absolute atomic E-state index is 0.329. The van der Waals surface area contributed by atoms with Crippen molar-refractivity contribution in [2.75, 3.05) is 20.8 Å². The molecule has 1 fully saturated rings. The Balaban J connectivity index is 2.45. The molecule has 0 saturated carbocycles. The van der Waals surface area contributed by atoms with Gasteiger partial charge in [0.05, 0.1) is 14.2 Å². The number of benzene rings is 1. The Morgan fingerprint density at radius 2 is 1.94 bits per heavy atom. The average molecular weight is 270 g/mol. The third-order valence-electron chi connectivity index (χ3n) is 3.49. The topological polar surface area (TPSA) is 30.5 Å². The molecule has 0 amide bonds. The Morgan fingerprint density at radius 1 is 1.22 bits per heavy atom. The molecule has 1 unspecified atom stereocenters. The molecule has 4 heteroatoms. The van der Waals surface area contributed by atoms with Crippen LogP contribution in [-0.2, 0) is 0 Å². The molecule has 1 aromatic carbocycles. The minimum Gasteiger partial charge on any atom is -0.495 e. The smallest absolute Gasteiger partial charge is 0.146 e. The van der Waals surface area contributed by atoms with Crippen LogP contribution in [0.5, 0.6) is 11.5 Å². The lowest BCUT2D eigenvalue weighted by Crippen LogP contribution is -2.27. The zero-order chi connectivity index (χ0) is 13.1. The zero-order valence-electron chi connectivity index (χ0n) is 11.2. The maximum Gasteiger partial charge on any atom is 0.146 e. The first kappa shape index (κ1) is 13.5. The van der Waals surface area contributed by atoms with Crippen molar-refractivity contribution < 1.29 is 9.47 Å². The monoisotopic (exact) mass is 269 g/mol. The molecular formula is C14H20ClNO2. The molecule has 1 aliphatic rings. The lowest BCUT2D eigenvalue weighted by Gasteiger charge is -2.27. The number of ether oxygens (including phenoxy) is 2. The predicted octanol–water partition coefficient (Wildman–Crippen LogP) is 3.48. The fourth-order valence-electron chi connectivity index (χ4n) is 2.60. The fourth-order valence-corrected chi connectivity index (χ4v) is 3.01. The highest BCUT2D eigenvalue weighted by Gasteiger charge is 2.23. The van der Waals surface area contributed by atoms with E-state index in [4.69, 9.17) is 21.1 Å².